The largest absolute Gasteiger partial charge is 0.507 e. The number of nitrogens with zero attached hydrogens (tertiary/aromatic N) is 1. The van der Waals surface area contributed by atoms with Crippen molar-refractivity contribution in [2.75, 3.05) is 33.4 Å². The number of methoxy groups -OCH3 is 1. The van der Waals surface area contributed by atoms with E-state index in [2.05, 4.69) is 24.0 Å². The van der Waals surface area contributed by atoms with Crippen molar-refractivity contribution in [1.29, 1.82) is 0 Å². The van der Waals surface area contributed by atoms with Crippen LogP contribution in [0.15, 0.2) is 47.5 Å². The summed E-state index contributed by atoms with van der Waals surface area (Å²) in [5.74, 6) is 1.80. The number of hydrogen-bond acceptors (Lipinski definition) is 4. The van der Waals surface area contributed by atoms with E-state index in [1.165, 1.54) is 18.4 Å². The summed E-state index contributed by atoms with van der Waals surface area (Å²) >= 11 is 0. The minimum absolute atomic E-state index is 0.194. The Labute approximate surface area is 167 Å². The van der Waals surface area contributed by atoms with Gasteiger partial charge in [-0.2, -0.15) is 0 Å². The molecule has 2 aromatic carbocycles. The number of phenols is 1. The van der Waals surface area contributed by atoms with Crippen LogP contribution in [0.5, 0.6) is 17.2 Å². The highest BCUT2D eigenvalue weighted by molar-refractivity contribution is 5.83. The summed E-state index contributed by atoms with van der Waals surface area (Å²) in [6.45, 7) is 5.68. The van der Waals surface area contributed by atoms with E-state index in [1.807, 2.05) is 24.3 Å². The average molecular weight is 384 g/mol. The van der Waals surface area contributed by atoms with Crippen LogP contribution in [0, 0.1) is 0 Å². The first kappa shape index (κ1) is 20.2. The molecule has 1 atom stereocenters. The molecule has 1 fully saturated rings. The van der Waals surface area contributed by atoms with E-state index >= 15 is 0 Å². The number of phenolic OH excluding ortho intramolecular Hbond substituents is 1. The van der Waals surface area contributed by atoms with Crippen molar-refractivity contribution >= 4 is 6.21 Å². The van der Waals surface area contributed by atoms with Gasteiger partial charge in [0.15, 0.2) is 0 Å². The van der Waals surface area contributed by atoms with Crippen LogP contribution in [0.1, 0.15) is 43.4 Å². The zero-order valence-electron chi connectivity index (χ0n) is 16.9. The summed E-state index contributed by atoms with van der Waals surface area (Å²) < 4.78 is 11.2. The normalized spacial score (nSPS) is 15.8. The van der Waals surface area contributed by atoms with E-state index in [-0.39, 0.29) is 11.8 Å². The highest BCUT2D eigenvalue weighted by Gasteiger charge is 2.29. The van der Waals surface area contributed by atoms with Crippen LogP contribution in [-0.4, -0.2) is 44.7 Å². The molecule has 0 amide bonds. The van der Waals surface area contributed by atoms with Gasteiger partial charge in [-0.25, -0.2) is 0 Å². The number of quaternary nitrogens is 1. The zero-order valence-corrected chi connectivity index (χ0v) is 16.9. The van der Waals surface area contributed by atoms with Crippen LogP contribution in [-0.2, 0) is 0 Å². The third-order valence-corrected chi connectivity index (χ3v) is 5.25. The van der Waals surface area contributed by atoms with Crippen LogP contribution in [0.2, 0.25) is 0 Å². The summed E-state index contributed by atoms with van der Waals surface area (Å²) in [4.78, 5) is 6.24. The predicted molar refractivity (Wildman–Crippen MR) is 112 cm³/mol. The minimum atomic E-state index is 0.194. The lowest BCUT2D eigenvalue weighted by Gasteiger charge is -2.25. The van der Waals surface area contributed by atoms with Gasteiger partial charge in [-0.05, 0) is 30.7 Å². The van der Waals surface area contributed by atoms with E-state index in [1.54, 1.807) is 24.3 Å². The molecule has 0 saturated carbocycles. The summed E-state index contributed by atoms with van der Waals surface area (Å²) in [6, 6.07) is 13.9. The third-order valence-electron chi connectivity index (χ3n) is 5.25. The summed E-state index contributed by atoms with van der Waals surface area (Å²) in [6.07, 6.45) is 5.21. The number of aromatic hydroxyl groups is 1. The first-order valence-corrected chi connectivity index (χ1v) is 10.2. The number of hydrogen-bond donors (Lipinski definition) is 2. The Bertz CT molecular complexity index is 785. The molecule has 0 spiro atoms. The van der Waals surface area contributed by atoms with E-state index in [0.717, 1.165) is 25.3 Å². The molecule has 2 aromatic rings. The van der Waals surface area contributed by atoms with E-state index in [9.17, 15) is 5.11 Å². The van der Waals surface area contributed by atoms with E-state index < -0.39 is 0 Å². The Morgan fingerprint density at radius 1 is 1.18 bits per heavy atom. The van der Waals surface area contributed by atoms with Gasteiger partial charge in [0.25, 0.3) is 0 Å². The summed E-state index contributed by atoms with van der Waals surface area (Å²) in [5, 5.41) is 10.3. The highest BCUT2D eigenvalue weighted by Crippen LogP contribution is 2.25. The number of nitrogens with one attached hydrogen (secondary N) is 1. The Balaban J connectivity index is 1.75. The van der Waals surface area contributed by atoms with Gasteiger partial charge in [-0.1, -0.05) is 19.1 Å². The molecule has 1 saturated heterocycles. The average Bonchev–Trinajstić information content (AvgIpc) is 3.25. The fraction of sp³-hybridized carbons (Fsp3) is 0.435. The Morgan fingerprint density at radius 3 is 2.68 bits per heavy atom. The molecule has 5 nitrogen and oxygen atoms in total. The second kappa shape index (κ2) is 10.1. The number of ether oxygens (including phenoxy) is 2. The van der Waals surface area contributed by atoms with Gasteiger partial charge in [-0.15, -0.1) is 0 Å². The second-order valence-corrected chi connectivity index (χ2v) is 7.22. The fourth-order valence-electron chi connectivity index (χ4n) is 3.78. The van der Waals surface area contributed by atoms with Crippen LogP contribution in [0.25, 0.3) is 0 Å². The van der Waals surface area contributed by atoms with Gasteiger partial charge in [0, 0.05) is 30.7 Å². The molecule has 1 heterocycles. The maximum absolute atomic E-state index is 10.3. The Hall–Kier alpha value is -2.53. The number of likely N-dealkylation sites (tertiary alicyclic amines) is 1. The quantitative estimate of drug-likeness (QED) is 0.655. The lowest BCUT2D eigenvalue weighted by Crippen LogP contribution is -3.10. The number of para-hydroxylation sites is 1. The molecule has 0 bridgehead atoms. The fourth-order valence-corrected chi connectivity index (χ4v) is 3.78. The van der Waals surface area contributed by atoms with Crippen molar-refractivity contribution in [3.8, 4) is 17.2 Å². The van der Waals surface area contributed by atoms with E-state index in [4.69, 9.17) is 9.47 Å². The molecule has 0 unspecified atom stereocenters. The molecule has 2 N–H and O–H groups in total. The Kier molecular flexibility index (Phi) is 7.31. The van der Waals surface area contributed by atoms with Crippen molar-refractivity contribution in [3.05, 3.63) is 53.6 Å². The van der Waals surface area contributed by atoms with Gasteiger partial charge in [0.2, 0.25) is 0 Å². The highest BCUT2D eigenvalue weighted by atomic mass is 16.5. The standard InChI is InChI=1S/C23H30N2O3/c1-3-14-28-19-11-10-18(22(26)15-19)16-24-17-21(25-12-6-7-13-25)20-8-4-5-9-23(20)27-2/h4-5,8-11,15-16,21,26H,3,6-7,12-14,17H2,1-2H3/p+1/t21-/m0/s1. The van der Waals surface area contributed by atoms with Crippen molar-refractivity contribution in [1.82, 2.24) is 0 Å². The van der Waals surface area contributed by atoms with Gasteiger partial charge in [-0.3, -0.25) is 4.99 Å². The maximum Gasteiger partial charge on any atom is 0.136 e. The first-order valence-electron chi connectivity index (χ1n) is 10.2. The summed E-state index contributed by atoms with van der Waals surface area (Å²) in [5.41, 5.74) is 1.91. The number of rotatable bonds is 9. The molecule has 150 valence electrons. The van der Waals surface area contributed by atoms with Crippen LogP contribution >= 0.6 is 0 Å². The van der Waals surface area contributed by atoms with Crippen LogP contribution < -0.4 is 14.4 Å². The van der Waals surface area contributed by atoms with Crippen LogP contribution in [0.3, 0.4) is 0 Å². The van der Waals surface area contributed by atoms with Gasteiger partial charge in [0.05, 0.1) is 38.9 Å². The molecule has 0 radical (unpaired) electrons. The minimum Gasteiger partial charge on any atom is -0.507 e. The number of aliphatic imine (C=N–C) groups is 1. The van der Waals surface area contributed by atoms with Crippen molar-refractivity contribution in [3.63, 3.8) is 0 Å². The second-order valence-electron chi connectivity index (χ2n) is 7.22. The molecular weight excluding hydrogens is 352 g/mol. The van der Waals surface area contributed by atoms with Gasteiger partial charge < -0.3 is 19.5 Å². The molecule has 3 rings (SSSR count). The predicted octanol–water partition coefficient (Wildman–Crippen LogP) is 3.03. The third kappa shape index (κ3) is 5.04. The first-order chi connectivity index (χ1) is 13.7. The number of benzene rings is 2. The Morgan fingerprint density at radius 2 is 1.96 bits per heavy atom. The van der Waals surface area contributed by atoms with Gasteiger partial charge in [0.1, 0.15) is 23.3 Å². The van der Waals surface area contributed by atoms with Gasteiger partial charge >= 0.3 is 0 Å². The lowest BCUT2D eigenvalue weighted by atomic mass is 10.0. The zero-order chi connectivity index (χ0) is 19.8. The monoisotopic (exact) mass is 383 g/mol. The molecule has 5 heteroatoms. The van der Waals surface area contributed by atoms with Crippen LogP contribution in [0.4, 0.5) is 0 Å². The van der Waals surface area contributed by atoms with Crippen molar-refractivity contribution in [2.45, 2.75) is 32.2 Å². The van der Waals surface area contributed by atoms with E-state index in [0.29, 0.717) is 24.5 Å². The molecular formula is C23H31N2O3+. The lowest BCUT2D eigenvalue weighted by molar-refractivity contribution is -0.918. The molecule has 0 aromatic heterocycles. The maximum atomic E-state index is 10.3. The SMILES string of the molecule is CCCOc1ccc(C=NC[C@@H](c2ccccc2OC)[NH+]2CCCC2)c(O)c1. The smallest absolute Gasteiger partial charge is 0.136 e. The summed E-state index contributed by atoms with van der Waals surface area (Å²) in [7, 11) is 1.72. The van der Waals surface area contributed by atoms with Crippen molar-refractivity contribution < 1.29 is 19.5 Å². The molecule has 28 heavy (non-hydrogen) atoms. The molecule has 0 aliphatic carbocycles. The topological polar surface area (TPSA) is 55.5 Å². The molecule has 1 aliphatic heterocycles. The molecule has 1 aliphatic rings. The van der Waals surface area contributed by atoms with Crippen molar-refractivity contribution in [2.24, 2.45) is 4.99 Å².